The third kappa shape index (κ3) is 8.22. The summed E-state index contributed by atoms with van der Waals surface area (Å²) in [6.45, 7) is 1.69. The molecule has 0 spiro atoms. The Kier molecular flexibility index (Phi) is 9.87. The number of ether oxygens (including phenoxy) is 2. The van der Waals surface area contributed by atoms with Crippen molar-refractivity contribution in [2.75, 3.05) is 34.5 Å². The van der Waals surface area contributed by atoms with Gasteiger partial charge in [-0.1, -0.05) is 12.8 Å². The number of nitrogens with one attached hydrogen (secondary N) is 1. The van der Waals surface area contributed by atoms with Gasteiger partial charge >= 0.3 is 0 Å². The molecular formula is C10H23NO2. The van der Waals surface area contributed by atoms with Crippen molar-refractivity contribution in [1.82, 2.24) is 5.32 Å². The van der Waals surface area contributed by atoms with E-state index in [4.69, 9.17) is 9.47 Å². The molecule has 0 aliphatic carbocycles. The fourth-order valence-electron chi connectivity index (χ4n) is 1.33. The lowest BCUT2D eigenvalue weighted by Gasteiger charge is -2.14. The molecule has 0 fully saturated rings. The second-order valence-electron chi connectivity index (χ2n) is 3.28. The molecule has 3 nitrogen and oxygen atoms in total. The highest BCUT2D eigenvalue weighted by Gasteiger charge is 2.03. The van der Waals surface area contributed by atoms with E-state index in [0.717, 1.165) is 13.2 Å². The van der Waals surface area contributed by atoms with Crippen molar-refractivity contribution in [1.29, 1.82) is 0 Å². The van der Waals surface area contributed by atoms with Crippen LogP contribution in [0.25, 0.3) is 0 Å². The highest BCUT2D eigenvalue weighted by Crippen LogP contribution is 2.03. The maximum atomic E-state index is 5.09. The predicted octanol–water partition coefficient (Wildman–Crippen LogP) is 1.43. The molecule has 0 saturated heterocycles. The zero-order valence-corrected chi connectivity index (χ0v) is 9.14. The number of likely N-dealkylation sites (N-methyl/N-ethyl adjacent to an activating group) is 1. The quantitative estimate of drug-likeness (QED) is 0.557. The molecule has 0 aromatic heterocycles. The van der Waals surface area contributed by atoms with Crippen LogP contribution in [0.2, 0.25) is 0 Å². The number of methoxy groups -OCH3 is 2. The van der Waals surface area contributed by atoms with Gasteiger partial charge in [-0.3, -0.25) is 0 Å². The minimum absolute atomic E-state index is 0.507. The summed E-state index contributed by atoms with van der Waals surface area (Å²) in [7, 11) is 5.48. The first-order valence-electron chi connectivity index (χ1n) is 5.00. The smallest absolute Gasteiger partial charge is 0.0615 e. The van der Waals surface area contributed by atoms with Crippen LogP contribution in [0.3, 0.4) is 0 Å². The third-order valence-electron chi connectivity index (χ3n) is 2.18. The summed E-state index contributed by atoms with van der Waals surface area (Å²) in [6.07, 6.45) is 4.85. The van der Waals surface area contributed by atoms with Gasteiger partial charge in [-0.2, -0.15) is 0 Å². The monoisotopic (exact) mass is 189 g/mol. The maximum absolute atomic E-state index is 5.09. The van der Waals surface area contributed by atoms with Crippen molar-refractivity contribution in [2.45, 2.75) is 31.7 Å². The van der Waals surface area contributed by atoms with Crippen molar-refractivity contribution in [3.63, 3.8) is 0 Å². The van der Waals surface area contributed by atoms with Crippen LogP contribution in [0.5, 0.6) is 0 Å². The fourth-order valence-corrected chi connectivity index (χ4v) is 1.33. The Morgan fingerprint density at radius 2 is 1.85 bits per heavy atom. The zero-order chi connectivity index (χ0) is 9.94. The van der Waals surface area contributed by atoms with Gasteiger partial charge < -0.3 is 14.8 Å². The lowest BCUT2D eigenvalue weighted by Crippen LogP contribution is -2.29. The normalized spacial score (nSPS) is 13.2. The molecule has 13 heavy (non-hydrogen) atoms. The van der Waals surface area contributed by atoms with Crippen molar-refractivity contribution in [3.8, 4) is 0 Å². The van der Waals surface area contributed by atoms with Crippen LogP contribution in [-0.2, 0) is 9.47 Å². The Labute approximate surface area is 81.8 Å². The topological polar surface area (TPSA) is 30.5 Å². The van der Waals surface area contributed by atoms with E-state index in [9.17, 15) is 0 Å². The first-order chi connectivity index (χ1) is 6.35. The van der Waals surface area contributed by atoms with Gasteiger partial charge in [0, 0.05) is 26.9 Å². The van der Waals surface area contributed by atoms with Crippen molar-refractivity contribution < 1.29 is 9.47 Å². The summed E-state index contributed by atoms with van der Waals surface area (Å²) < 4.78 is 10.1. The van der Waals surface area contributed by atoms with Crippen LogP contribution in [0, 0.1) is 0 Å². The van der Waals surface area contributed by atoms with E-state index >= 15 is 0 Å². The Balaban J connectivity index is 3.17. The van der Waals surface area contributed by atoms with E-state index in [2.05, 4.69) is 5.32 Å². The van der Waals surface area contributed by atoms with Crippen LogP contribution in [0.15, 0.2) is 0 Å². The van der Waals surface area contributed by atoms with E-state index in [-0.39, 0.29) is 0 Å². The first kappa shape index (κ1) is 12.9. The SMILES string of the molecule is CNC(CCCCCOC)COC. The van der Waals surface area contributed by atoms with E-state index in [1.54, 1.807) is 14.2 Å². The van der Waals surface area contributed by atoms with Crippen molar-refractivity contribution in [2.24, 2.45) is 0 Å². The molecule has 1 unspecified atom stereocenters. The Morgan fingerprint density at radius 3 is 2.38 bits per heavy atom. The zero-order valence-electron chi connectivity index (χ0n) is 9.14. The minimum atomic E-state index is 0.507. The molecule has 0 heterocycles. The summed E-state index contributed by atoms with van der Waals surface area (Å²) in [5.74, 6) is 0. The minimum Gasteiger partial charge on any atom is -0.385 e. The van der Waals surface area contributed by atoms with Crippen LogP contribution < -0.4 is 5.32 Å². The summed E-state index contributed by atoms with van der Waals surface area (Å²) in [4.78, 5) is 0. The lowest BCUT2D eigenvalue weighted by atomic mass is 10.1. The molecule has 0 radical (unpaired) electrons. The first-order valence-corrected chi connectivity index (χ1v) is 5.00. The van der Waals surface area contributed by atoms with E-state index < -0.39 is 0 Å². The summed E-state index contributed by atoms with van der Waals surface area (Å²) in [5.41, 5.74) is 0. The van der Waals surface area contributed by atoms with Crippen LogP contribution >= 0.6 is 0 Å². The van der Waals surface area contributed by atoms with Gasteiger partial charge in [0.25, 0.3) is 0 Å². The number of hydrogen-bond donors (Lipinski definition) is 1. The lowest BCUT2D eigenvalue weighted by molar-refractivity contribution is 0.162. The second kappa shape index (κ2) is 9.96. The highest BCUT2D eigenvalue weighted by molar-refractivity contribution is 4.62. The van der Waals surface area contributed by atoms with Gasteiger partial charge in [0.1, 0.15) is 0 Å². The van der Waals surface area contributed by atoms with Crippen LogP contribution in [0.1, 0.15) is 25.7 Å². The van der Waals surface area contributed by atoms with Crippen molar-refractivity contribution >= 4 is 0 Å². The summed E-state index contributed by atoms with van der Waals surface area (Å²) >= 11 is 0. The van der Waals surface area contributed by atoms with Gasteiger partial charge in [-0.25, -0.2) is 0 Å². The Morgan fingerprint density at radius 1 is 1.08 bits per heavy atom. The van der Waals surface area contributed by atoms with Crippen LogP contribution in [-0.4, -0.2) is 40.5 Å². The summed E-state index contributed by atoms with van der Waals surface area (Å²) in [6, 6.07) is 0.507. The molecule has 0 bridgehead atoms. The third-order valence-corrected chi connectivity index (χ3v) is 2.18. The van der Waals surface area contributed by atoms with E-state index in [0.29, 0.717) is 6.04 Å². The molecule has 0 aromatic rings. The molecule has 80 valence electrons. The molecule has 0 aromatic carbocycles. The van der Waals surface area contributed by atoms with Gasteiger partial charge in [-0.15, -0.1) is 0 Å². The van der Waals surface area contributed by atoms with Crippen molar-refractivity contribution in [3.05, 3.63) is 0 Å². The van der Waals surface area contributed by atoms with Gasteiger partial charge in [0.2, 0.25) is 0 Å². The molecule has 0 aliphatic rings. The van der Waals surface area contributed by atoms with Gasteiger partial charge in [0.05, 0.1) is 6.61 Å². The average molecular weight is 189 g/mol. The fraction of sp³-hybridized carbons (Fsp3) is 1.00. The van der Waals surface area contributed by atoms with Gasteiger partial charge in [-0.05, 0) is 19.9 Å². The standard InChI is InChI=1S/C10H23NO2/c1-11-10(9-13-3)7-5-4-6-8-12-2/h10-11H,4-9H2,1-3H3. The molecular weight excluding hydrogens is 166 g/mol. The number of hydrogen-bond acceptors (Lipinski definition) is 3. The molecule has 0 amide bonds. The molecule has 3 heteroatoms. The molecule has 0 rings (SSSR count). The van der Waals surface area contributed by atoms with E-state index in [1.807, 2.05) is 7.05 Å². The Bertz CT molecular complexity index is 98.9. The molecule has 1 atom stereocenters. The largest absolute Gasteiger partial charge is 0.385 e. The molecule has 1 N–H and O–H groups in total. The Hall–Kier alpha value is -0.120. The summed E-state index contributed by atoms with van der Waals surface area (Å²) in [5, 5.41) is 3.24. The molecule has 0 saturated carbocycles. The maximum Gasteiger partial charge on any atom is 0.0615 e. The number of unbranched alkanes of at least 4 members (excludes halogenated alkanes) is 2. The number of rotatable bonds is 9. The second-order valence-corrected chi connectivity index (χ2v) is 3.28. The molecule has 0 aliphatic heterocycles. The predicted molar refractivity (Wildman–Crippen MR) is 55.1 cm³/mol. The average Bonchev–Trinajstić information content (AvgIpc) is 2.16. The van der Waals surface area contributed by atoms with Gasteiger partial charge in [0.15, 0.2) is 0 Å². The van der Waals surface area contributed by atoms with E-state index in [1.165, 1.54) is 25.7 Å². The van der Waals surface area contributed by atoms with Crippen LogP contribution in [0.4, 0.5) is 0 Å². The highest BCUT2D eigenvalue weighted by atomic mass is 16.5.